The van der Waals surface area contributed by atoms with Crippen LogP contribution in [-0.2, 0) is 39.5 Å². The molecule has 0 saturated carbocycles. The number of amides is 2. The predicted molar refractivity (Wildman–Crippen MR) is 107 cm³/mol. The molecule has 3 atom stereocenters. The summed E-state index contributed by atoms with van der Waals surface area (Å²) in [6.07, 6.45) is 0. The van der Waals surface area contributed by atoms with E-state index in [0.717, 1.165) is 12.0 Å². The Hall–Kier alpha value is -3.47. The molecule has 10 nitrogen and oxygen atoms in total. The first-order chi connectivity index (χ1) is 14.8. The first-order valence-corrected chi connectivity index (χ1v) is 10.3. The fourth-order valence-electron chi connectivity index (χ4n) is 3.12. The van der Waals surface area contributed by atoms with E-state index in [1.807, 2.05) is 0 Å². The van der Waals surface area contributed by atoms with Crippen LogP contribution in [0.4, 0.5) is 0 Å². The number of β-lactam (4-membered cyclic amide) rings is 1. The average molecular weight is 448 g/mol. The standard InChI is InChI=1S/C20H20N2O8S/c1-11-14(9-29-12(2)23)17(20(26)28-3)22-18(25)16(19(22)31(11)27)21-15(24)10-30-13-7-5-4-6-8-13/h4-8,16,19H,1,9-10H2,2-3H3,(H,21,24)/t16-,19-,31?/m1/s1. The second-order valence-corrected chi connectivity index (χ2v) is 8.14. The van der Waals surface area contributed by atoms with E-state index in [9.17, 15) is 23.4 Å². The summed E-state index contributed by atoms with van der Waals surface area (Å²) in [6.45, 7) is 4.13. The van der Waals surface area contributed by atoms with E-state index in [-0.39, 0.29) is 22.8 Å². The van der Waals surface area contributed by atoms with Crippen LogP contribution in [0.2, 0.25) is 0 Å². The molecule has 0 radical (unpaired) electrons. The number of hydrogen-bond donors (Lipinski definition) is 1. The van der Waals surface area contributed by atoms with Crippen LogP contribution in [0.5, 0.6) is 5.75 Å². The van der Waals surface area contributed by atoms with E-state index >= 15 is 0 Å². The quantitative estimate of drug-likeness (QED) is 0.455. The zero-order valence-electron chi connectivity index (χ0n) is 16.8. The lowest BCUT2D eigenvalue weighted by Gasteiger charge is -2.49. The summed E-state index contributed by atoms with van der Waals surface area (Å²) in [6, 6.07) is 7.47. The van der Waals surface area contributed by atoms with Crippen molar-refractivity contribution in [2.75, 3.05) is 20.3 Å². The number of carbonyl (C=O) groups is 4. The van der Waals surface area contributed by atoms with Crippen molar-refractivity contribution in [2.45, 2.75) is 18.3 Å². The lowest BCUT2D eigenvalue weighted by Crippen LogP contribution is -2.73. The Morgan fingerprint density at radius 2 is 1.90 bits per heavy atom. The number of nitrogens with zero attached hydrogens (tertiary/aromatic N) is 1. The third-order valence-electron chi connectivity index (χ3n) is 4.60. The molecule has 1 aromatic rings. The number of hydrogen-bond acceptors (Lipinski definition) is 8. The number of methoxy groups -OCH3 is 1. The van der Waals surface area contributed by atoms with E-state index in [1.54, 1.807) is 30.3 Å². The number of ether oxygens (including phenoxy) is 3. The maximum Gasteiger partial charge on any atom is 0.355 e. The van der Waals surface area contributed by atoms with Gasteiger partial charge in [-0.05, 0) is 12.1 Å². The number of nitrogens with one attached hydrogen (secondary N) is 1. The Kier molecular flexibility index (Phi) is 6.54. The highest BCUT2D eigenvalue weighted by Crippen LogP contribution is 2.39. The Bertz CT molecular complexity index is 1000. The lowest BCUT2D eigenvalue weighted by molar-refractivity contribution is -0.152. The van der Waals surface area contributed by atoms with Crippen molar-refractivity contribution in [1.29, 1.82) is 0 Å². The minimum Gasteiger partial charge on any atom is -0.484 e. The Labute approximate surface area is 180 Å². The van der Waals surface area contributed by atoms with Crippen molar-refractivity contribution < 1.29 is 37.6 Å². The fourth-order valence-corrected chi connectivity index (χ4v) is 4.64. The van der Waals surface area contributed by atoms with Crippen molar-refractivity contribution in [1.82, 2.24) is 10.2 Å². The van der Waals surface area contributed by atoms with Gasteiger partial charge >= 0.3 is 11.9 Å². The monoisotopic (exact) mass is 448 g/mol. The van der Waals surface area contributed by atoms with Crippen LogP contribution in [0.1, 0.15) is 6.92 Å². The molecule has 2 aliphatic heterocycles. The molecular weight excluding hydrogens is 428 g/mol. The Morgan fingerprint density at radius 1 is 1.23 bits per heavy atom. The van der Waals surface area contributed by atoms with Crippen molar-refractivity contribution in [3.8, 4) is 5.75 Å². The molecule has 0 aliphatic carbocycles. The van der Waals surface area contributed by atoms with Crippen molar-refractivity contribution >= 4 is 34.6 Å². The number of benzene rings is 1. The predicted octanol–water partition coefficient (Wildman–Crippen LogP) is -0.0153. The molecule has 1 aromatic carbocycles. The highest BCUT2D eigenvalue weighted by atomic mass is 32.2. The van der Waals surface area contributed by atoms with Gasteiger partial charge in [0.2, 0.25) is 0 Å². The first-order valence-electron chi connectivity index (χ1n) is 9.11. The van der Waals surface area contributed by atoms with Crippen LogP contribution in [0.3, 0.4) is 0 Å². The van der Waals surface area contributed by atoms with Crippen molar-refractivity contribution in [3.63, 3.8) is 0 Å². The van der Waals surface area contributed by atoms with Gasteiger partial charge in [-0.3, -0.25) is 23.5 Å². The molecule has 1 unspecified atom stereocenters. The number of rotatable bonds is 7. The maximum absolute atomic E-state index is 12.9. The van der Waals surface area contributed by atoms with Gasteiger partial charge in [0, 0.05) is 17.4 Å². The van der Waals surface area contributed by atoms with Crippen LogP contribution in [-0.4, -0.2) is 64.6 Å². The van der Waals surface area contributed by atoms with Gasteiger partial charge in [-0.1, -0.05) is 24.8 Å². The molecule has 2 aliphatic rings. The molecule has 0 aromatic heterocycles. The van der Waals surface area contributed by atoms with E-state index < -0.39 is 52.6 Å². The molecule has 3 rings (SSSR count). The molecule has 2 amide bonds. The van der Waals surface area contributed by atoms with Gasteiger partial charge in [0.05, 0.1) is 17.9 Å². The zero-order chi connectivity index (χ0) is 22.7. The molecule has 11 heteroatoms. The fraction of sp³-hybridized carbons (Fsp3) is 0.300. The van der Waals surface area contributed by atoms with E-state index in [4.69, 9.17) is 14.2 Å². The molecule has 1 saturated heterocycles. The zero-order valence-corrected chi connectivity index (χ0v) is 17.6. The molecule has 164 valence electrons. The van der Waals surface area contributed by atoms with Gasteiger partial charge in [0.15, 0.2) is 6.61 Å². The summed E-state index contributed by atoms with van der Waals surface area (Å²) in [5.41, 5.74) is -0.184. The molecule has 1 N–H and O–H groups in total. The van der Waals surface area contributed by atoms with E-state index in [1.165, 1.54) is 6.92 Å². The highest BCUT2D eigenvalue weighted by molar-refractivity contribution is 7.90. The normalized spacial score (nSPS) is 22.3. The number of carbonyl (C=O) groups excluding carboxylic acids is 4. The van der Waals surface area contributed by atoms with Crippen LogP contribution in [0.25, 0.3) is 0 Å². The second kappa shape index (κ2) is 9.13. The smallest absolute Gasteiger partial charge is 0.355 e. The molecular formula is C20H20N2O8S. The maximum atomic E-state index is 12.9. The van der Waals surface area contributed by atoms with Gasteiger partial charge in [-0.2, -0.15) is 0 Å². The van der Waals surface area contributed by atoms with E-state index in [0.29, 0.717) is 5.75 Å². The first kappa shape index (κ1) is 22.2. The summed E-state index contributed by atoms with van der Waals surface area (Å²) >= 11 is 0. The van der Waals surface area contributed by atoms with Crippen molar-refractivity contribution in [3.05, 3.63) is 53.1 Å². The van der Waals surface area contributed by atoms with E-state index in [2.05, 4.69) is 11.9 Å². The highest BCUT2D eigenvalue weighted by Gasteiger charge is 2.58. The topological polar surface area (TPSA) is 128 Å². The van der Waals surface area contributed by atoms with Gasteiger partial charge in [-0.15, -0.1) is 0 Å². The molecule has 2 heterocycles. The number of fused-ring (bicyclic) bond motifs is 1. The van der Waals surface area contributed by atoms with Crippen LogP contribution in [0, 0.1) is 0 Å². The molecule has 1 fully saturated rings. The van der Waals surface area contributed by atoms with Gasteiger partial charge in [-0.25, -0.2) is 4.79 Å². The van der Waals surface area contributed by atoms with Crippen LogP contribution < -0.4 is 10.1 Å². The third kappa shape index (κ3) is 4.36. The summed E-state index contributed by atoms with van der Waals surface area (Å²) in [5, 5.41) is 1.43. The van der Waals surface area contributed by atoms with Gasteiger partial charge in [0.25, 0.3) is 11.8 Å². The van der Waals surface area contributed by atoms with Crippen molar-refractivity contribution in [2.24, 2.45) is 0 Å². The van der Waals surface area contributed by atoms with Crippen LogP contribution in [0.15, 0.2) is 53.1 Å². The molecule has 31 heavy (non-hydrogen) atoms. The lowest BCUT2D eigenvalue weighted by atomic mass is 10.0. The minimum absolute atomic E-state index is 0.00943. The van der Waals surface area contributed by atoms with Crippen LogP contribution >= 0.6 is 0 Å². The summed E-state index contributed by atoms with van der Waals surface area (Å²) < 4.78 is 27.9. The summed E-state index contributed by atoms with van der Waals surface area (Å²) in [5.74, 6) is -2.29. The summed E-state index contributed by atoms with van der Waals surface area (Å²) in [4.78, 5) is 49.5. The number of esters is 2. The molecule has 0 spiro atoms. The second-order valence-electron chi connectivity index (χ2n) is 6.57. The Balaban J connectivity index is 1.78. The van der Waals surface area contributed by atoms with Gasteiger partial charge in [0.1, 0.15) is 29.5 Å². The SMILES string of the molecule is C=C1C(COC(C)=O)=C(C(=O)OC)N2C(=O)[C@@H](NC(=O)COc3ccccc3)[C@H]2S1=O. The minimum atomic E-state index is -1.87. The molecule has 0 bridgehead atoms. The number of para-hydroxylation sites is 1. The Morgan fingerprint density at radius 3 is 2.52 bits per heavy atom. The third-order valence-corrected chi connectivity index (χ3v) is 6.25. The van der Waals surface area contributed by atoms with Gasteiger partial charge < -0.3 is 19.5 Å². The average Bonchev–Trinajstić information content (AvgIpc) is 2.76. The largest absolute Gasteiger partial charge is 0.484 e. The summed E-state index contributed by atoms with van der Waals surface area (Å²) in [7, 11) is -0.748.